The number of aliphatic hydroxyl groups excluding tert-OH is 1. The number of hydrogen-bond acceptors (Lipinski definition) is 4. The van der Waals surface area contributed by atoms with Gasteiger partial charge in [0.25, 0.3) is 0 Å². The van der Waals surface area contributed by atoms with Crippen LogP contribution in [-0.4, -0.2) is 46.8 Å². The minimum absolute atomic E-state index is 0.227. The zero-order valence-electron chi connectivity index (χ0n) is 14.1. The topological polar surface area (TPSA) is 86.8 Å². The van der Waals surface area contributed by atoms with Gasteiger partial charge in [-0.15, -0.1) is 0 Å². The maximum absolute atomic E-state index is 14.5. The second-order valence-corrected chi connectivity index (χ2v) is 7.18. The zero-order valence-corrected chi connectivity index (χ0v) is 14.8. The van der Waals surface area contributed by atoms with E-state index in [0.717, 1.165) is 0 Å². The Balaban J connectivity index is 2.38. The van der Waals surface area contributed by atoms with Gasteiger partial charge in [-0.2, -0.15) is 0 Å². The molecule has 1 aliphatic rings. The van der Waals surface area contributed by atoms with Crippen molar-refractivity contribution in [1.82, 2.24) is 4.90 Å². The van der Waals surface area contributed by atoms with Crippen molar-refractivity contribution in [3.8, 4) is 0 Å². The predicted molar refractivity (Wildman–Crippen MR) is 90.0 cm³/mol. The molecule has 0 aromatic heterocycles. The van der Waals surface area contributed by atoms with E-state index in [1.54, 1.807) is 26.8 Å². The van der Waals surface area contributed by atoms with E-state index in [4.69, 9.17) is 22.4 Å². The van der Waals surface area contributed by atoms with Crippen LogP contribution in [0.5, 0.6) is 0 Å². The monoisotopic (exact) mass is 358 g/mol. The number of nitrogens with zero attached hydrogens (tertiary/aromatic N) is 1. The van der Waals surface area contributed by atoms with Crippen molar-refractivity contribution >= 4 is 17.5 Å². The van der Waals surface area contributed by atoms with Crippen LogP contribution in [0.25, 0.3) is 0 Å². The molecule has 1 heterocycles. The van der Waals surface area contributed by atoms with Crippen molar-refractivity contribution in [3.63, 3.8) is 0 Å². The third-order valence-corrected chi connectivity index (χ3v) is 5.19. The van der Waals surface area contributed by atoms with Gasteiger partial charge in [-0.1, -0.05) is 25.4 Å². The van der Waals surface area contributed by atoms with Gasteiger partial charge in [-0.3, -0.25) is 4.79 Å². The first kappa shape index (κ1) is 19.1. The molecular formula is C17H24ClFN2O3. The molecule has 1 amide bonds. The first-order valence-corrected chi connectivity index (χ1v) is 8.34. The average molecular weight is 359 g/mol. The summed E-state index contributed by atoms with van der Waals surface area (Å²) in [7, 11) is 0. The Hall–Kier alpha value is -1.21. The molecular weight excluding hydrogens is 335 g/mol. The molecule has 4 N–H and O–H groups in total. The number of nitrogens with two attached hydrogens (primary N) is 1. The molecule has 4 atom stereocenters. The number of carbonyl (C=O) groups excluding carboxylic acids is 1. The van der Waals surface area contributed by atoms with Crippen LogP contribution in [0.2, 0.25) is 5.02 Å². The summed E-state index contributed by atoms with van der Waals surface area (Å²) in [5.41, 5.74) is 4.99. The molecule has 1 fully saturated rings. The van der Waals surface area contributed by atoms with Crippen LogP contribution in [0.15, 0.2) is 12.1 Å². The van der Waals surface area contributed by atoms with E-state index in [-0.39, 0.29) is 29.6 Å². The number of benzene rings is 1. The fourth-order valence-corrected chi connectivity index (χ4v) is 3.95. The maximum Gasteiger partial charge on any atom is 0.241 e. The SMILES string of the molecule is Cc1cc(Cl)cc(F)c1C1(O)[C@H](C)CN(C(=O)[C@H](N)CO)C[C@@H]1C. The lowest BCUT2D eigenvalue weighted by Gasteiger charge is -2.49. The van der Waals surface area contributed by atoms with Crippen LogP contribution >= 0.6 is 11.6 Å². The minimum atomic E-state index is -1.42. The van der Waals surface area contributed by atoms with Gasteiger partial charge in [0, 0.05) is 35.5 Å². The third kappa shape index (κ3) is 3.16. The summed E-state index contributed by atoms with van der Waals surface area (Å²) >= 11 is 5.88. The molecule has 0 bridgehead atoms. The number of hydrogen-bond donors (Lipinski definition) is 3. The van der Waals surface area contributed by atoms with E-state index in [1.807, 2.05) is 0 Å². The molecule has 1 aromatic rings. The lowest BCUT2D eigenvalue weighted by molar-refractivity contribution is -0.151. The summed E-state index contributed by atoms with van der Waals surface area (Å²) in [5.74, 6) is -1.74. The molecule has 0 radical (unpaired) electrons. The highest BCUT2D eigenvalue weighted by Gasteiger charge is 2.49. The normalized spacial score (nSPS) is 28.8. The summed E-state index contributed by atoms with van der Waals surface area (Å²) in [4.78, 5) is 13.7. The number of halogens is 2. The Labute approximate surface area is 146 Å². The van der Waals surface area contributed by atoms with E-state index in [9.17, 15) is 14.3 Å². The smallest absolute Gasteiger partial charge is 0.241 e. The summed E-state index contributed by atoms with van der Waals surface area (Å²) in [5, 5.41) is 20.7. The summed E-state index contributed by atoms with van der Waals surface area (Å²) in [6.45, 7) is 5.28. The molecule has 0 aliphatic carbocycles. The number of rotatable bonds is 3. The molecule has 1 aliphatic heterocycles. The van der Waals surface area contributed by atoms with Gasteiger partial charge in [0.2, 0.25) is 5.91 Å². The Morgan fingerprint density at radius 1 is 1.46 bits per heavy atom. The second kappa shape index (κ2) is 6.96. The van der Waals surface area contributed by atoms with Crippen molar-refractivity contribution in [2.75, 3.05) is 19.7 Å². The predicted octanol–water partition coefficient (Wildman–Crippen LogP) is 1.41. The molecule has 0 spiro atoms. The molecule has 24 heavy (non-hydrogen) atoms. The van der Waals surface area contributed by atoms with Gasteiger partial charge in [0.1, 0.15) is 17.5 Å². The van der Waals surface area contributed by atoms with Crippen LogP contribution in [0.4, 0.5) is 4.39 Å². The fraction of sp³-hybridized carbons (Fsp3) is 0.588. The molecule has 7 heteroatoms. The Morgan fingerprint density at radius 3 is 2.46 bits per heavy atom. The number of aliphatic hydroxyl groups is 2. The van der Waals surface area contributed by atoms with E-state index >= 15 is 0 Å². The Morgan fingerprint density at radius 2 is 2.00 bits per heavy atom. The Kier molecular flexibility index (Phi) is 5.54. The van der Waals surface area contributed by atoms with Gasteiger partial charge < -0.3 is 20.8 Å². The van der Waals surface area contributed by atoms with E-state index in [2.05, 4.69) is 0 Å². The van der Waals surface area contributed by atoms with Crippen molar-refractivity contribution in [2.24, 2.45) is 17.6 Å². The van der Waals surface area contributed by atoms with Crippen LogP contribution in [0, 0.1) is 24.6 Å². The van der Waals surface area contributed by atoms with E-state index in [0.29, 0.717) is 5.56 Å². The van der Waals surface area contributed by atoms with Crippen molar-refractivity contribution in [2.45, 2.75) is 32.4 Å². The third-order valence-electron chi connectivity index (χ3n) is 4.97. The van der Waals surface area contributed by atoms with Gasteiger partial charge >= 0.3 is 0 Å². The molecule has 5 nitrogen and oxygen atoms in total. The van der Waals surface area contributed by atoms with Gasteiger partial charge in [0.15, 0.2) is 0 Å². The second-order valence-electron chi connectivity index (χ2n) is 6.74. The number of carbonyl (C=O) groups is 1. The van der Waals surface area contributed by atoms with E-state index in [1.165, 1.54) is 11.0 Å². The lowest BCUT2D eigenvalue weighted by atomic mass is 9.69. The average Bonchev–Trinajstić information content (AvgIpc) is 2.49. The van der Waals surface area contributed by atoms with Gasteiger partial charge in [0.05, 0.1) is 6.61 Å². The molecule has 1 unspecified atom stereocenters. The van der Waals surface area contributed by atoms with Gasteiger partial charge in [-0.05, 0) is 24.6 Å². The van der Waals surface area contributed by atoms with Crippen LogP contribution in [-0.2, 0) is 10.4 Å². The standard InChI is InChI=1S/C17H24ClFN2O3/c1-9-4-12(18)5-13(19)15(9)17(24)10(2)6-21(7-11(17)3)16(23)14(20)8-22/h4-5,10-11,14,22,24H,6-8,20H2,1-3H3/t10-,11+,14-,17?/m1/s1. The van der Waals surface area contributed by atoms with E-state index < -0.39 is 35.9 Å². The fourth-order valence-electron chi connectivity index (χ4n) is 3.69. The van der Waals surface area contributed by atoms with Crippen LogP contribution in [0.3, 0.4) is 0 Å². The van der Waals surface area contributed by atoms with Crippen LogP contribution < -0.4 is 5.73 Å². The quantitative estimate of drug-likeness (QED) is 0.762. The first-order valence-electron chi connectivity index (χ1n) is 7.96. The van der Waals surface area contributed by atoms with Crippen LogP contribution in [0.1, 0.15) is 25.0 Å². The first-order chi connectivity index (χ1) is 11.1. The molecule has 134 valence electrons. The van der Waals surface area contributed by atoms with Crippen molar-refractivity contribution < 1.29 is 19.4 Å². The minimum Gasteiger partial charge on any atom is -0.394 e. The summed E-state index contributed by atoms with van der Waals surface area (Å²) in [6.07, 6.45) is 0. The summed E-state index contributed by atoms with van der Waals surface area (Å²) < 4.78 is 14.5. The molecule has 0 saturated carbocycles. The van der Waals surface area contributed by atoms with Crippen molar-refractivity contribution in [3.05, 3.63) is 34.1 Å². The largest absolute Gasteiger partial charge is 0.394 e. The molecule has 2 rings (SSSR count). The number of likely N-dealkylation sites (tertiary alicyclic amines) is 1. The van der Waals surface area contributed by atoms with Gasteiger partial charge in [-0.25, -0.2) is 4.39 Å². The zero-order chi connectivity index (χ0) is 18.2. The number of amides is 1. The molecule has 1 aromatic carbocycles. The summed E-state index contributed by atoms with van der Waals surface area (Å²) in [6, 6.07) is 1.83. The Bertz CT molecular complexity index is 605. The molecule has 1 saturated heterocycles. The highest BCUT2D eigenvalue weighted by molar-refractivity contribution is 6.30. The number of aryl methyl sites for hydroxylation is 1. The maximum atomic E-state index is 14.5. The number of piperidine rings is 1. The highest BCUT2D eigenvalue weighted by atomic mass is 35.5. The van der Waals surface area contributed by atoms with Crippen molar-refractivity contribution in [1.29, 1.82) is 0 Å². The lowest BCUT2D eigenvalue weighted by Crippen LogP contribution is -2.59. The highest BCUT2D eigenvalue weighted by Crippen LogP contribution is 2.44.